The molecule has 0 amide bonds. The minimum atomic E-state index is 0.169. The number of nitrogens with one attached hydrogen (secondary N) is 2. The third-order valence-corrected chi connectivity index (χ3v) is 2.36. The van der Waals surface area contributed by atoms with Gasteiger partial charge in [-0.1, -0.05) is 0 Å². The van der Waals surface area contributed by atoms with Crippen LogP contribution in [0.5, 0.6) is 0 Å². The zero-order valence-corrected chi connectivity index (χ0v) is 9.32. The Morgan fingerprint density at radius 1 is 1.44 bits per heavy atom. The SMILES string of the molecule is CCNc1nc(CCCO)nc2[nH]ccc12. The predicted molar refractivity (Wildman–Crippen MR) is 63.5 cm³/mol. The molecule has 0 saturated heterocycles. The molecule has 0 saturated carbocycles. The summed E-state index contributed by atoms with van der Waals surface area (Å²) < 4.78 is 0. The Labute approximate surface area is 93.9 Å². The summed E-state index contributed by atoms with van der Waals surface area (Å²) in [5.41, 5.74) is 0.846. The standard InChI is InChI=1S/C11H16N4O/c1-2-12-10-8-5-6-13-11(8)15-9(14-10)4-3-7-16/h5-6,16H,2-4,7H2,1H3,(H2,12,13,14,15). The Balaban J connectivity index is 2.36. The molecule has 2 heterocycles. The van der Waals surface area contributed by atoms with E-state index in [-0.39, 0.29) is 6.61 Å². The zero-order chi connectivity index (χ0) is 11.4. The van der Waals surface area contributed by atoms with Crippen molar-refractivity contribution in [3.05, 3.63) is 18.1 Å². The minimum Gasteiger partial charge on any atom is -0.396 e. The Bertz CT molecular complexity index is 466. The number of nitrogens with zero attached hydrogens (tertiary/aromatic N) is 2. The first-order valence-corrected chi connectivity index (χ1v) is 5.54. The fourth-order valence-corrected chi connectivity index (χ4v) is 1.64. The Hall–Kier alpha value is -1.62. The van der Waals surface area contributed by atoms with Gasteiger partial charge < -0.3 is 15.4 Å². The molecule has 2 aromatic heterocycles. The molecule has 0 aliphatic rings. The molecule has 0 aliphatic heterocycles. The van der Waals surface area contributed by atoms with E-state index in [4.69, 9.17) is 5.11 Å². The van der Waals surface area contributed by atoms with E-state index >= 15 is 0 Å². The molecule has 0 aliphatic carbocycles. The molecular formula is C11H16N4O. The van der Waals surface area contributed by atoms with Crippen LogP contribution in [0.15, 0.2) is 12.3 Å². The third-order valence-electron chi connectivity index (χ3n) is 2.36. The van der Waals surface area contributed by atoms with Crippen LogP contribution in [0.4, 0.5) is 5.82 Å². The summed E-state index contributed by atoms with van der Waals surface area (Å²) in [6.45, 7) is 3.04. The first-order chi connectivity index (χ1) is 7.85. The Morgan fingerprint density at radius 3 is 3.06 bits per heavy atom. The molecule has 5 nitrogen and oxygen atoms in total. The highest BCUT2D eigenvalue weighted by atomic mass is 16.2. The summed E-state index contributed by atoms with van der Waals surface area (Å²) in [5.74, 6) is 1.63. The Morgan fingerprint density at radius 2 is 2.31 bits per heavy atom. The fraction of sp³-hybridized carbons (Fsp3) is 0.455. The molecule has 3 N–H and O–H groups in total. The fourth-order valence-electron chi connectivity index (χ4n) is 1.64. The summed E-state index contributed by atoms with van der Waals surface area (Å²) in [6, 6.07) is 1.96. The van der Waals surface area contributed by atoms with Crippen LogP contribution in [0.1, 0.15) is 19.2 Å². The number of rotatable bonds is 5. The average Bonchev–Trinajstić information content (AvgIpc) is 2.75. The van der Waals surface area contributed by atoms with Crippen molar-refractivity contribution in [2.45, 2.75) is 19.8 Å². The largest absolute Gasteiger partial charge is 0.396 e. The molecule has 2 aromatic rings. The second-order valence-corrected chi connectivity index (χ2v) is 3.59. The molecule has 0 bridgehead atoms. The maximum absolute atomic E-state index is 8.79. The first kappa shape index (κ1) is 10.9. The van der Waals surface area contributed by atoms with E-state index in [1.807, 2.05) is 19.2 Å². The van der Waals surface area contributed by atoms with Crippen LogP contribution >= 0.6 is 0 Å². The Kier molecular flexibility index (Phi) is 3.36. The lowest BCUT2D eigenvalue weighted by atomic mass is 10.3. The number of H-pyrrole nitrogens is 1. The lowest BCUT2D eigenvalue weighted by Gasteiger charge is -2.06. The van der Waals surface area contributed by atoms with Gasteiger partial charge in [-0.3, -0.25) is 0 Å². The highest BCUT2D eigenvalue weighted by Crippen LogP contribution is 2.19. The summed E-state index contributed by atoms with van der Waals surface area (Å²) in [5, 5.41) is 13.0. The van der Waals surface area contributed by atoms with Crippen molar-refractivity contribution in [1.82, 2.24) is 15.0 Å². The van der Waals surface area contributed by atoms with Gasteiger partial charge in [-0.2, -0.15) is 0 Å². The molecule has 0 unspecified atom stereocenters. The number of anilines is 1. The molecule has 0 aromatic carbocycles. The van der Waals surface area contributed by atoms with Gasteiger partial charge >= 0.3 is 0 Å². The van der Waals surface area contributed by atoms with Gasteiger partial charge in [0, 0.05) is 25.8 Å². The van der Waals surface area contributed by atoms with Crippen molar-refractivity contribution in [2.75, 3.05) is 18.5 Å². The van der Waals surface area contributed by atoms with Crippen LogP contribution in [0.2, 0.25) is 0 Å². The van der Waals surface area contributed by atoms with Gasteiger partial charge in [0.05, 0.1) is 5.39 Å². The van der Waals surface area contributed by atoms with Crippen molar-refractivity contribution in [2.24, 2.45) is 0 Å². The lowest BCUT2D eigenvalue weighted by molar-refractivity contribution is 0.287. The van der Waals surface area contributed by atoms with E-state index in [0.29, 0.717) is 12.8 Å². The van der Waals surface area contributed by atoms with Crippen LogP contribution in [0, 0.1) is 0 Å². The summed E-state index contributed by atoms with van der Waals surface area (Å²) in [4.78, 5) is 11.9. The van der Waals surface area contributed by atoms with Gasteiger partial charge in [0.1, 0.15) is 17.3 Å². The van der Waals surface area contributed by atoms with Crippen molar-refractivity contribution < 1.29 is 5.11 Å². The van der Waals surface area contributed by atoms with Crippen molar-refractivity contribution in [3.63, 3.8) is 0 Å². The molecule has 16 heavy (non-hydrogen) atoms. The summed E-state index contributed by atoms with van der Waals surface area (Å²) in [6.07, 6.45) is 3.25. The molecule has 0 fully saturated rings. The topological polar surface area (TPSA) is 73.8 Å². The minimum absolute atomic E-state index is 0.169. The second kappa shape index (κ2) is 4.94. The monoisotopic (exact) mass is 220 g/mol. The van der Waals surface area contributed by atoms with E-state index in [1.54, 1.807) is 0 Å². The molecular weight excluding hydrogens is 204 g/mol. The van der Waals surface area contributed by atoms with E-state index in [0.717, 1.165) is 29.2 Å². The van der Waals surface area contributed by atoms with Gasteiger partial charge in [-0.15, -0.1) is 0 Å². The first-order valence-electron chi connectivity index (χ1n) is 5.54. The maximum Gasteiger partial charge on any atom is 0.143 e. The average molecular weight is 220 g/mol. The van der Waals surface area contributed by atoms with Crippen molar-refractivity contribution in [3.8, 4) is 0 Å². The smallest absolute Gasteiger partial charge is 0.143 e. The third kappa shape index (κ3) is 2.14. The van der Waals surface area contributed by atoms with Gasteiger partial charge in [0.15, 0.2) is 0 Å². The number of hydrogen-bond acceptors (Lipinski definition) is 4. The highest BCUT2D eigenvalue weighted by Gasteiger charge is 2.07. The zero-order valence-electron chi connectivity index (χ0n) is 9.32. The van der Waals surface area contributed by atoms with Gasteiger partial charge in [-0.05, 0) is 19.4 Å². The highest BCUT2D eigenvalue weighted by molar-refractivity contribution is 5.86. The number of aliphatic hydroxyl groups excluding tert-OH is 1. The van der Waals surface area contributed by atoms with Gasteiger partial charge in [0.2, 0.25) is 0 Å². The quantitative estimate of drug-likeness (QED) is 0.710. The lowest BCUT2D eigenvalue weighted by Crippen LogP contribution is -2.05. The van der Waals surface area contributed by atoms with Crippen LogP contribution in [0.3, 0.4) is 0 Å². The van der Waals surface area contributed by atoms with Crippen LogP contribution in [0.25, 0.3) is 11.0 Å². The van der Waals surface area contributed by atoms with Crippen LogP contribution < -0.4 is 5.32 Å². The number of fused-ring (bicyclic) bond motifs is 1. The number of hydrogen-bond donors (Lipinski definition) is 3. The van der Waals surface area contributed by atoms with E-state index < -0.39 is 0 Å². The van der Waals surface area contributed by atoms with Crippen LogP contribution in [-0.2, 0) is 6.42 Å². The number of aromatic amines is 1. The van der Waals surface area contributed by atoms with Crippen molar-refractivity contribution >= 4 is 16.9 Å². The molecule has 0 radical (unpaired) electrons. The predicted octanol–water partition coefficient (Wildman–Crippen LogP) is 1.31. The number of aryl methyl sites for hydroxylation is 1. The van der Waals surface area contributed by atoms with E-state index in [9.17, 15) is 0 Å². The second-order valence-electron chi connectivity index (χ2n) is 3.59. The van der Waals surface area contributed by atoms with Crippen molar-refractivity contribution in [1.29, 1.82) is 0 Å². The van der Waals surface area contributed by atoms with Gasteiger partial charge in [-0.25, -0.2) is 9.97 Å². The molecule has 0 atom stereocenters. The number of aromatic nitrogens is 3. The van der Waals surface area contributed by atoms with Crippen LogP contribution in [-0.4, -0.2) is 33.2 Å². The van der Waals surface area contributed by atoms with E-state index in [2.05, 4.69) is 20.3 Å². The summed E-state index contributed by atoms with van der Waals surface area (Å²) in [7, 11) is 0. The maximum atomic E-state index is 8.79. The molecule has 5 heteroatoms. The summed E-state index contributed by atoms with van der Waals surface area (Å²) >= 11 is 0. The molecule has 2 rings (SSSR count). The van der Waals surface area contributed by atoms with Gasteiger partial charge in [0.25, 0.3) is 0 Å². The molecule has 86 valence electrons. The van der Waals surface area contributed by atoms with E-state index in [1.165, 1.54) is 0 Å². The molecule has 0 spiro atoms. The normalized spacial score (nSPS) is 10.9. The number of aliphatic hydroxyl groups is 1.